The normalized spacial score (nSPS) is 11.8. The molecule has 3 rings (SSSR count). The molecular weight excluding hydrogens is 368 g/mol. The molecule has 0 spiro atoms. The molecule has 0 aliphatic carbocycles. The van der Waals surface area contributed by atoms with E-state index in [0.717, 1.165) is 21.6 Å². The van der Waals surface area contributed by atoms with Gasteiger partial charge in [-0.3, -0.25) is 14.9 Å². The predicted octanol–water partition coefficient (Wildman–Crippen LogP) is 4.30. The molecule has 1 aromatic heterocycles. The van der Waals surface area contributed by atoms with E-state index < -0.39 is 22.9 Å². The lowest BCUT2D eigenvalue weighted by atomic mass is 10.2. The van der Waals surface area contributed by atoms with Crippen LogP contribution in [0.1, 0.15) is 22.2 Å². The number of fused-ring (bicyclic) bond motifs is 1. The molecule has 0 radical (unpaired) electrons. The van der Waals surface area contributed by atoms with Gasteiger partial charge in [-0.05, 0) is 38.1 Å². The van der Waals surface area contributed by atoms with E-state index >= 15 is 0 Å². The fourth-order valence-corrected chi connectivity index (χ4v) is 3.32. The van der Waals surface area contributed by atoms with Crippen LogP contribution in [0.3, 0.4) is 0 Å². The topological polar surface area (TPSA) is 98.5 Å². The Bertz CT molecular complexity index is 1030. The van der Waals surface area contributed by atoms with Crippen molar-refractivity contribution in [3.63, 3.8) is 0 Å². The average molecular weight is 384 g/mol. The van der Waals surface area contributed by atoms with Gasteiger partial charge in [-0.2, -0.15) is 0 Å². The summed E-state index contributed by atoms with van der Waals surface area (Å²) in [6, 6.07) is 13.1. The van der Waals surface area contributed by atoms with Crippen molar-refractivity contribution in [1.82, 2.24) is 0 Å². The van der Waals surface area contributed by atoms with E-state index in [0.29, 0.717) is 11.1 Å². The predicted molar refractivity (Wildman–Crippen MR) is 103 cm³/mol. The van der Waals surface area contributed by atoms with Gasteiger partial charge in [0.1, 0.15) is 4.88 Å². The number of esters is 1. The Labute approximate surface area is 158 Å². The van der Waals surface area contributed by atoms with E-state index in [4.69, 9.17) is 4.74 Å². The Kier molecular flexibility index (Phi) is 5.18. The Morgan fingerprint density at radius 1 is 1.15 bits per heavy atom. The number of carbonyl (C=O) groups excluding carboxylic acids is 2. The summed E-state index contributed by atoms with van der Waals surface area (Å²) in [7, 11) is 0. The summed E-state index contributed by atoms with van der Waals surface area (Å²) in [6.45, 7) is 3.43. The summed E-state index contributed by atoms with van der Waals surface area (Å²) in [5, 5.41) is 14.1. The Hall–Kier alpha value is -3.26. The zero-order chi connectivity index (χ0) is 19.6. The number of aryl methyl sites for hydroxylation is 1. The maximum absolute atomic E-state index is 12.3. The molecular formula is C19H16N2O5S. The number of amides is 1. The number of nitrogens with zero attached hydrogens (tertiary/aromatic N) is 1. The van der Waals surface area contributed by atoms with Gasteiger partial charge in [0.15, 0.2) is 6.10 Å². The number of anilines is 1. The maximum atomic E-state index is 12.3. The SMILES string of the molecule is Cc1ccc(NC(=O)[C@H](C)OC(=O)c2cc3cc([N+](=O)[O-])ccc3s2)cc1. The van der Waals surface area contributed by atoms with Crippen LogP contribution in [-0.4, -0.2) is 22.9 Å². The number of nitro benzene ring substituents is 1. The summed E-state index contributed by atoms with van der Waals surface area (Å²) >= 11 is 1.16. The standard InChI is InChI=1S/C19H16N2O5S/c1-11-3-5-14(6-4-11)20-18(22)12(2)26-19(23)17-10-13-9-15(21(24)25)7-8-16(13)27-17/h3-10,12H,1-2H3,(H,20,22)/t12-/m0/s1. The fourth-order valence-electron chi connectivity index (χ4n) is 2.40. The van der Waals surface area contributed by atoms with Gasteiger partial charge < -0.3 is 10.1 Å². The minimum atomic E-state index is -0.988. The van der Waals surface area contributed by atoms with Gasteiger partial charge in [-0.25, -0.2) is 4.79 Å². The van der Waals surface area contributed by atoms with Crippen molar-refractivity contribution in [1.29, 1.82) is 0 Å². The molecule has 7 nitrogen and oxygen atoms in total. The highest BCUT2D eigenvalue weighted by Crippen LogP contribution is 2.29. The van der Waals surface area contributed by atoms with Gasteiger partial charge in [-0.15, -0.1) is 11.3 Å². The fraction of sp³-hybridized carbons (Fsp3) is 0.158. The van der Waals surface area contributed by atoms with Crippen molar-refractivity contribution >= 4 is 44.7 Å². The number of hydrogen-bond acceptors (Lipinski definition) is 6. The molecule has 0 unspecified atom stereocenters. The smallest absolute Gasteiger partial charge is 0.349 e. The molecule has 1 heterocycles. The van der Waals surface area contributed by atoms with Crippen LogP contribution in [0.25, 0.3) is 10.1 Å². The van der Waals surface area contributed by atoms with E-state index in [2.05, 4.69) is 5.32 Å². The number of nitrogens with one attached hydrogen (secondary N) is 1. The van der Waals surface area contributed by atoms with Crippen LogP contribution in [-0.2, 0) is 9.53 Å². The van der Waals surface area contributed by atoms with Gasteiger partial charge in [0.25, 0.3) is 11.6 Å². The lowest BCUT2D eigenvalue weighted by molar-refractivity contribution is -0.384. The molecule has 27 heavy (non-hydrogen) atoms. The van der Waals surface area contributed by atoms with Crippen molar-refractivity contribution in [2.75, 3.05) is 5.32 Å². The number of benzene rings is 2. The third-order valence-corrected chi connectivity index (χ3v) is 4.98. The summed E-state index contributed by atoms with van der Waals surface area (Å²) in [5.41, 5.74) is 1.63. The third-order valence-electron chi connectivity index (χ3n) is 3.88. The first-order valence-corrected chi connectivity index (χ1v) is 8.91. The molecule has 0 saturated carbocycles. The summed E-state index contributed by atoms with van der Waals surface area (Å²) < 4.78 is 5.95. The van der Waals surface area contributed by atoms with Crippen LogP contribution in [0.2, 0.25) is 0 Å². The number of thiophene rings is 1. The highest BCUT2D eigenvalue weighted by Gasteiger charge is 2.21. The molecule has 0 aliphatic rings. The quantitative estimate of drug-likeness (QED) is 0.402. The molecule has 0 bridgehead atoms. The van der Waals surface area contributed by atoms with Gasteiger partial charge >= 0.3 is 5.97 Å². The van der Waals surface area contributed by atoms with E-state index in [-0.39, 0.29) is 10.6 Å². The lowest BCUT2D eigenvalue weighted by Crippen LogP contribution is -2.29. The number of non-ortho nitro benzene ring substituents is 1. The zero-order valence-electron chi connectivity index (χ0n) is 14.6. The zero-order valence-corrected chi connectivity index (χ0v) is 15.4. The number of carbonyl (C=O) groups is 2. The molecule has 1 amide bonds. The van der Waals surface area contributed by atoms with E-state index in [1.165, 1.54) is 25.1 Å². The van der Waals surface area contributed by atoms with Crippen LogP contribution in [0.4, 0.5) is 11.4 Å². The van der Waals surface area contributed by atoms with Crippen LogP contribution < -0.4 is 5.32 Å². The van der Waals surface area contributed by atoms with Crippen molar-refractivity contribution in [3.8, 4) is 0 Å². The second-order valence-corrected chi connectivity index (χ2v) is 7.08. The number of ether oxygens (including phenoxy) is 1. The highest BCUT2D eigenvalue weighted by molar-refractivity contribution is 7.20. The van der Waals surface area contributed by atoms with Crippen LogP contribution >= 0.6 is 11.3 Å². The molecule has 0 saturated heterocycles. The highest BCUT2D eigenvalue weighted by atomic mass is 32.1. The third kappa shape index (κ3) is 4.29. The maximum Gasteiger partial charge on any atom is 0.349 e. The molecule has 0 fully saturated rings. The van der Waals surface area contributed by atoms with Crippen LogP contribution in [0.5, 0.6) is 0 Å². The van der Waals surface area contributed by atoms with Gasteiger partial charge in [0.2, 0.25) is 0 Å². The largest absolute Gasteiger partial charge is 0.448 e. The first-order chi connectivity index (χ1) is 12.8. The monoisotopic (exact) mass is 384 g/mol. The number of hydrogen-bond donors (Lipinski definition) is 1. The second-order valence-electron chi connectivity index (χ2n) is 5.99. The van der Waals surface area contributed by atoms with E-state index in [9.17, 15) is 19.7 Å². The van der Waals surface area contributed by atoms with Crippen LogP contribution in [0, 0.1) is 17.0 Å². The Morgan fingerprint density at radius 3 is 2.52 bits per heavy atom. The Balaban J connectivity index is 1.68. The van der Waals surface area contributed by atoms with Crippen LogP contribution in [0.15, 0.2) is 48.5 Å². The second kappa shape index (κ2) is 7.55. The van der Waals surface area contributed by atoms with Crippen molar-refractivity contribution in [2.45, 2.75) is 20.0 Å². The van der Waals surface area contributed by atoms with Gasteiger partial charge in [0, 0.05) is 27.9 Å². The molecule has 8 heteroatoms. The summed E-state index contributed by atoms with van der Waals surface area (Å²) in [5.74, 6) is -1.09. The first-order valence-electron chi connectivity index (χ1n) is 8.10. The van der Waals surface area contributed by atoms with E-state index in [1.54, 1.807) is 18.2 Å². The van der Waals surface area contributed by atoms with Gasteiger partial charge in [-0.1, -0.05) is 17.7 Å². The number of nitro groups is 1. The molecule has 138 valence electrons. The Morgan fingerprint density at radius 2 is 1.85 bits per heavy atom. The van der Waals surface area contributed by atoms with Crippen molar-refractivity contribution < 1.29 is 19.2 Å². The van der Waals surface area contributed by atoms with Crippen molar-refractivity contribution in [2.24, 2.45) is 0 Å². The van der Waals surface area contributed by atoms with Gasteiger partial charge in [0.05, 0.1) is 4.92 Å². The summed E-state index contributed by atoms with van der Waals surface area (Å²) in [6.07, 6.45) is -0.988. The molecule has 0 aliphatic heterocycles. The minimum absolute atomic E-state index is 0.0499. The van der Waals surface area contributed by atoms with Crippen molar-refractivity contribution in [3.05, 3.63) is 69.1 Å². The number of rotatable bonds is 5. The lowest BCUT2D eigenvalue weighted by Gasteiger charge is -2.13. The van der Waals surface area contributed by atoms with E-state index in [1.807, 2.05) is 19.1 Å². The average Bonchev–Trinajstić information content (AvgIpc) is 3.06. The minimum Gasteiger partial charge on any atom is -0.448 e. The first kappa shape index (κ1) is 18.5. The molecule has 1 N–H and O–H groups in total. The molecule has 1 atom stereocenters. The summed E-state index contributed by atoms with van der Waals surface area (Å²) in [4.78, 5) is 35.1. The molecule has 2 aromatic carbocycles. The molecule has 3 aromatic rings.